The van der Waals surface area contributed by atoms with Crippen molar-refractivity contribution in [2.24, 2.45) is 0 Å². The average Bonchev–Trinajstić information content (AvgIpc) is 2.96. The summed E-state index contributed by atoms with van der Waals surface area (Å²) in [7, 11) is 0. The van der Waals surface area contributed by atoms with Crippen LogP contribution in [0.3, 0.4) is 0 Å². The predicted molar refractivity (Wildman–Crippen MR) is 104 cm³/mol. The number of hydrogen-bond acceptors (Lipinski definition) is 7. The molecule has 1 aromatic carbocycles. The van der Waals surface area contributed by atoms with Gasteiger partial charge in [-0.3, -0.25) is 14.2 Å². The molecule has 2 aromatic rings. The first-order valence-corrected chi connectivity index (χ1v) is 9.13. The number of carbonyl (C=O) groups is 2. The molecule has 0 unspecified atom stereocenters. The minimum Gasteiger partial charge on any atom is -0.462 e. The summed E-state index contributed by atoms with van der Waals surface area (Å²) in [4.78, 5) is 36.1. The van der Waals surface area contributed by atoms with Crippen LogP contribution in [0.25, 0.3) is 11.8 Å². The summed E-state index contributed by atoms with van der Waals surface area (Å²) < 4.78 is 6.85. The maximum atomic E-state index is 12.6. The maximum absolute atomic E-state index is 12.6. The van der Waals surface area contributed by atoms with Crippen LogP contribution in [0, 0.1) is 11.3 Å². The standard InChI is InChI=1S/C19H19N3O4S/c1-4-22-17(24)16(27-18(22)15(10-20)19(25)26-5-2)11-21-14-8-6-7-13(9-14)12(3)23/h6-9,11,21H,4-5H2,1-3H3/b16-11+,18-15-. The molecule has 0 aliphatic rings. The van der Waals surface area contributed by atoms with Crippen LogP contribution in [-0.4, -0.2) is 22.9 Å². The minimum atomic E-state index is -0.753. The first-order chi connectivity index (χ1) is 12.9. The number of hydrogen-bond donors (Lipinski definition) is 1. The zero-order valence-corrected chi connectivity index (χ0v) is 16.1. The van der Waals surface area contributed by atoms with Crippen molar-refractivity contribution < 1.29 is 14.3 Å². The highest BCUT2D eigenvalue weighted by Crippen LogP contribution is 2.10. The smallest absolute Gasteiger partial charge is 0.351 e. The fourth-order valence-electron chi connectivity index (χ4n) is 2.35. The topological polar surface area (TPSA) is 101 Å². The van der Waals surface area contributed by atoms with E-state index in [0.29, 0.717) is 22.3 Å². The Bertz CT molecular complexity index is 1090. The largest absolute Gasteiger partial charge is 0.462 e. The molecule has 2 rings (SSSR count). The summed E-state index contributed by atoms with van der Waals surface area (Å²) in [5.74, 6) is -0.815. The molecule has 0 aliphatic carbocycles. The van der Waals surface area contributed by atoms with E-state index < -0.39 is 5.97 Å². The molecule has 0 amide bonds. The zero-order valence-electron chi connectivity index (χ0n) is 15.2. The lowest BCUT2D eigenvalue weighted by Gasteiger charge is -2.01. The summed E-state index contributed by atoms with van der Waals surface area (Å²) in [5, 5.41) is 12.3. The van der Waals surface area contributed by atoms with Crippen LogP contribution in [-0.2, 0) is 16.1 Å². The van der Waals surface area contributed by atoms with Crippen molar-refractivity contribution in [3.8, 4) is 6.07 Å². The highest BCUT2D eigenvalue weighted by molar-refractivity contribution is 7.07. The van der Waals surface area contributed by atoms with Gasteiger partial charge in [-0.25, -0.2) is 4.79 Å². The number of carbonyl (C=O) groups excluding carboxylic acids is 2. The van der Waals surface area contributed by atoms with E-state index in [9.17, 15) is 19.6 Å². The Balaban J connectivity index is 2.55. The van der Waals surface area contributed by atoms with Gasteiger partial charge < -0.3 is 10.1 Å². The van der Waals surface area contributed by atoms with Gasteiger partial charge in [0.25, 0.3) is 5.56 Å². The van der Waals surface area contributed by atoms with Gasteiger partial charge >= 0.3 is 5.97 Å². The lowest BCUT2D eigenvalue weighted by Crippen LogP contribution is -2.32. The molecular formula is C19H19N3O4S. The highest BCUT2D eigenvalue weighted by Gasteiger charge is 2.16. The highest BCUT2D eigenvalue weighted by atomic mass is 32.1. The van der Waals surface area contributed by atoms with Gasteiger partial charge in [0.1, 0.15) is 15.3 Å². The molecule has 140 valence electrons. The number of ketones is 1. The third-order valence-electron chi connectivity index (χ3n) is 3.67. The number of nitrogens with zero attached hydrogens (tertiary/aromatic N) is 2. The second kappa shape index (κ2) is 8.96. The monoisotopic (exact) mass is 385 g/mol. The van der Waals surface area contributed by atoms with Gasteiger partial charge in [-0.2, -0.15) is 5.26 Å². The van der Waals surface area contributed by atoms with Crippen molar-refractivity contribution in [2.75, 3.05) is 11.9 Å². The third-order valence-corrected chi connectivity index (χ3v) is 4.80. The molecule has 0 saturated heterocycles. The molecule has 1 aromatic heterocycles. The number of nitrogens with one attached hydrogen (secondary N) is 1. The minimum absolute atomic E-state index is 0.0619. The fraction of sp³-hybridized carbons (Fsp3) is 0.263. The summed E-state index contributed by atoms with van der Waals surface area (Å²) in [6.07, 6.45) is 1.50. The Morgan fingerprint density at radius 3 is 2.70 bits per heavy atom. The Labute approximate surface area is 159 Å². The number of rotatable bonds is 6. The second-order valence-electron chi connectivity index (χ2n) is 5.45. The zero-order chi connectivity index (χ0) is 20.0. The molecule has 0 aliphatic heterocycles. The molecule has 0 spiro atoms. The van der Waals surface area contributed by atoms with Gasteiger partial charge in [0, 0.05) is 24.0 Å². The maximum Gasteiger partial charge on any atom is 0.351 e. The Morgan fingerprint density at radius 1 is 1.37 bits per heavy atom. The van der Waals surface area contributed by atoms with Gasteiger partial charge in [-0.05, 0) is 32.9 Å². The van der Waals surface area contributed by atoms with Crippen LogP contribution in [0.5, 0.6) is 0 Å². The molecule has 8 heteroatoms. The molecule has 27 heavy (non-hydrogen) atoms. The summed E-state index contributed by atoms with van der Waals surface area (Å²) in [6.45, 7) is 5.32. The van der Waals surface area contributed by atoms with Crippen LogP contribution < -0.4 is 20.1 Å². The van der Waals surface area contributed by atoms with Gasteiger partial charge in [0.05, 0.1) is 6.61 Å². The molecule has 0 fully saturated rings. The summed E-state index contributed by atoms with van der Waals surface area (Å²) >= 11 is 1.03. The van der Waals surface area contributed by atoms with E-state index >= 15 is 0 Å². The molecule has 1 N–H and O–H groups in total. The Hall–Kier alpha value is -3.18. The fourth-order valence-corrected chi connectivity index (χ4v) is 3.43. The number of nitriles is 1. The average molecular weight is 385 g/mol. The van der Waals surface area contributed by atoms with Crippen LogP contribution in [0.4, 0.5) is 5.69 Å². The van der Waals surface area contributed by atoms with E-state index in [1.165, 1.54) is 17.7 Å². The predicted octanol–water partition coefficient (Wildman–Crippen LogP) is 1.22. The molecule has 1 heterocycles. The van der Waals surface area contributed by atoms with E-state index in [2.05, 4.69) is 5.32 Å². The Morgan fingerprint density at radius 2 is 2.11 bits per heavy atom. The SMILES string of the molecule is CCOC(=O)/C(C#N)=c1\s/c(=C/Nc2cccc(C(C)=O)c2)c(=O)n1CC. The van der Waals surface area contributed by atoms with Crippen molar-refractivity contribution in [3.63, 3.8) is 0 Å². The van der Waals surface area contributed by atoms with Gasteiger partial charge in [-0.1, -0.05) is 12.1 Å². The number of thiazole rings is 1. The van der Waals surface area contributed by atoms with Crippen LogP contribution in [0.15, 0.2) is 29.1 Å². The molecular weight excluding hydrogens is 366 g/mol. The van der Waals surface area contributed by atoms with Gasteiger partial charge in [0.15, 0.2) is 11.4 Å². The van der Waals surface area contributed by atoms with Gasteiger partial charge in [-0.15, -0.1) is 11.3 Å². The van der Waals surface area contributed by atoms with Crippen molar-refractivity contribution in [3.05, 3.63) is 49.4 Å². The van der Waals surface area contributed by atoms with Crippen LogP contribution in [0.2, 0.25) is 0 Å². The lowest BCUT2D eigenvalue weighted by molar-refractivity contribution is -0.136. The van der Waals surface area contributed by atoms with Crippen LogP contribution >= 0.6 is 11.3 Å². The Kier molecular flexibility index (Phi) is 6.68. The number of Topliss-reactive ketones (excluding diaryl/α,β-unsaturated/α-hetero) is 1. The molecule has 7 nitrogen and oxygen atoms in total. The molecule has 0 radical (unpaired) electrons. The molecule has 0 saturated carbocycles. The number of aromatic nitrogens is 1. The van der Waals surface area contributed by atoms with Crippen molar-refractivity contribution in [2.45, 2.75) is 27.3 Å². The number of anilines is 1. The van der Waals surface area contributed by atoms with Crippen molar-refractivity contribution in [1.82, 2.24) is 4.57 Å². The normalized spacial score (nSPS) is 12.3. The van der Waals surface area contributed by atoms with Crippen LogP contribution in [0.1, 0.15) is 31.1 Å². The van der Waals surface area contributed by atoms with E-state index in [1.807, 2.05) is 6.07 Å². The number of benzene rings is 1. The third kappa shape index (κ3) is 4.51. The second-order valence-corrected chi connectivity index (χ2v) is 6.48. The van der Waals surface area contributed by atoms with Gasteiger partial charge in [0.2, 0.25) is 0 Å². The van der Waals surface area contributed by atoms with E-state index in [4.69, 9.17) is 4.74 Å². The summed E-state index contributed by atoms with van der Waals surface area (Å²) in [6, 6.07) is 8.71. The number of ether oxygens (including phenoxy) is 1. The quantitative estimate of drug-likeness (QED) is 0.593. The van der Waals surface area contributed by atoms with Crippen molar-refractivity contribution in [1.29, 1.82) is 5.26 Å². The molecule has 0 bridgehead atoms. The van der Waals surface area contributed by atoms with Crippen molar-refractivity contribution >= 4 is 40.5 Å². The number of esters is 1. The first-order valence-electron chi connectivity index (χ1n) is 8.31. The van der Waals surface area contributed by atoms with E-state index in [1.54, 1.807) is 38.1 Å². The molecule has 0 atom stereocenters. The van der Waals surface area contributed by atoms with E-state index in [-0.39, 0.29) is 28.2 Å². The summed E-state index contributed by atoms with van der Waals surface area (Å²) in [5.41, 5.74) is 0.687. The first kappa shape index (κ1) is 20.1. The van der Waals surface area contributed by atoms with E-state index in [0.717, 1.165) is 11.3 Å². The lowest BCUT2D eigenvalue weighted by atomic mass is 10.1.